The topological polar surface area (TPSA) is 110 Å². The second kappa shape index (κ2) is 4.05. The molecule has 0 aliphatic heterocycles. The van der Waals surface area contributed by atoms with Crippen LogP contribution in [0.1, 0.15) is 21.9 Å². The normalized spacial score (nSPS) is 10.1. The van der Waals surface area contributed by atoms with Crippen LogP contribution in [0.5, 0.6) is 0 Å². The highest BCUT2D eigenvalue weighted by molar-refractivity contribution is 5.88. The molecular weight excluding hydrogens is 224 g/mol. The van der Waals surface area contributed by atoms with Crippen LogP contribution in [-0.2, 0) is 13.6 Å². The Morgan fingerprint density at radius 1 is 1.65 bits per heavy atom. The van der Waals surface area contributed by atoms with E-state index in [-0.39, 0.29) is 17.9 Å². The highest BCUT2D eigenvalue weighted by atomic mass is 16.4. The molecule has 2 aromatic rings. The van der Waals surface area contributed by atoms with E-state index in [1.807, 2.05) is 0 Å². The van der Waals surface area contributed by atoms with E-state index in [1.165, 1.54) is 21.9 Å². The van der Waals surface area contributed by atoms with Crippen LogP contribution in [0.2, 0.25) is 0 Å². The van der Waals surface area contributed by atoms with Gasteiger partial charge in [-0.25, -0.2) is 14.5 Å². The van der Waals surface area contributed by atoms with Crippen LogP contribution < -0.4 is 0 Å². The van der Waals surface area contributed by atoms with Crippen LogP contribution in [0, 0.1) is 11.3 Å². The largest absolute Gasteiger partial charge is 0.478 e. The van der Waals surface area contributed by atoms with Crippen molar-refractivity contribution in [1.82, 2.24) is 24.5 Å². The lowest BCUT2D eigenvalue weighted by molar-refractivity contribution is 0.0695. The molecule has 0 radical (unpaired) electrons. The van der Waals surface area contributed by atoms with Gasteiger partial charge in [0.15, 0.2) is 0 Å². The number of carboxylic acids is 1. The molecule has 0 saturated heterocycles. The Morgan fingerprint density at radius 3 is 3.00 bits per heavy atom. The van der Waals surface area contributed by atoms with Gasteiger partial charge in [-0.3, -0.25) is 4.68 Å². The smallest absolute Gasteiger partial charge is 0.339 e. The first kappa shape index (κ1) is 10.8. The second-order valence-corrected chi connectivity index (χ2v) is 3.31. The molecule has 2 rings (SSSR count). The summed E-state index contributed by atoms with van der Waals surface area (Å²) in [6.07, 6.45) is 2.65. The van der Waals surface area contributed by atoms with Crippen molar-refractivity contribution in [3.63, 3.8) is 0 Å². The number of carboxylic acid groups (broad SMARTS) is 1. The number of rotatable bonds is 3. The maximum absolute atomic E-state index is 10.9. The summed E-state index contributed by atoms with van der Waals surface area (Å²) in [5.41, 5.74) is 0.605. The molecule has 0 aliphatic carbocycles. The zero-order valence-corrected chi connectivity index (χ0v) is 8.90. The van der Waals surface area contributed by atoms with E-state index in [1.54, 1.807) is 13.1 Å². The van der Waals surface area contributed by atoms with Crippen molar-refractivity contribution in [3.05, 3.63) is 29.6 Å². The number of aryl methyl sites for hydroxylation is 1. The quantitative estimate of drug-likeness (QED) is 0.773. The summed E-state index contributed by atoms with van der Waals surface area (Å²) in [4.78, 5) is 14.7. The Labute approximate surface area is 95.7 Å². The number of nitrogens with zero attached hydrogens (tertiary/aromatic N) is 6. The zero-order chi connectivity index (χ0) is 12.4. The molecule has 0 bridgehead atoms. The summed E-state index contributed by atoms with van der Waals surface area (Å²) < 4.78 is 2.85. The molecule has 0 aromatic carbocycles. The Morgan fingerprint density at radius 2 is 2.41 bits per heavy atom. The average molecular weight is 232 g/mol. The number of nitriles is 1. The fraction of sp³-hybridized carbons (Fsp3) is 0.222. The second-order valence-electron chi connectivity index (χ2n) is 3.31. The van der Waals surface area contributed by atoms with E-state index in [2.05, 4.69) is 15.2 Å². The Balaban J connectivity index is 2.32. The van der Waals surface area contributed by atoms with Crippen molar-refractivity contribution >= 4 is 5.97 Å². The predicted molar refractivity (Wildman–Crippen MR) is 54.0 cm³/mol. The van der Waals surface area contributed by atoms with E-state index < -0.39 is 5.97 Å². The average Bonchev–Trinajstić information content (AvgIpc) is 2.87. The van der Waals surface area contributed by atoms with E-state index >= 15 is 0 Å². The lowest BCUT2D eigenvalue weighted by Gasteiger charge is -2.03. The SMILES string of the molecule is Cn1ncc(C(=O)O)c1Cn1cnc(C#N)n1. The summed E-state index contributed by atoms with van der Waals surface area (Å²) in [6.45, 7) is 0.201. The first-order valence-corrected chi connectivity index (χ1v) is 4.65. The molecule has 8 nitrogen and oxygen atoms in total. The number of hydrogen-bond donors (Lipinski definition) is 1. The maximum atomic E-state index is 10.9. The first-order valence-electron chi connectivity index (χ1n) is 4.65. The lowest BCUT2D eigenvalue weighted by Crippen LogP contribution is -2.10. The summed E-state index contributed by atoms with van der Waals surface area (Å²) in [6, 6.07) is 1.80. The summed E-state index contributed by atoms with van der Waals surface area (Å²) >= 11 is 0. The third-order valence-corrected chi connectivity index (χ3v) is 2.24. The minimum absolute atomic E-state index is 0.0454. The third-order valence-electron chi connectivity index (χ3n) is 2.24. The number of aromatic nitrogens is 5. The van der Waals surface area contributed by atoms with Gasteiger partial charge in [0, 0.05) is 7.05 Å². The van der Waals surface area contributed by atoms with Gasteiger partial charge in [0.2, 0.25) is 0 Å². The van der Waals surface area contributed by atoms with Gasteiger partial charge >= 0.3 is 5.97 Å². The molecule has 2 aromatic heterocycles. The fourth-order valence-corrected chi connectivity index (χ4v) is 1.40. The molecular formula is C9H8N6O2. The molecule has 0 atom stereocenters. The highest BCUT2D eigenvalue weighted by Crippen LogP contribution is 2.09. The molecule has 2 heterocycles. The Kier molecular flexibility index (Phi) is 2.58. The molecule has 8 heteroatoms. The third kappa shape index (κ3) is 1.98. The predicted octanol–water partition coefficient (Wildman–Crippen LogP) is -0.370. The van der Waals surface area contributed by atoms with Crippen molar-refractivity contribution in [2.75, 3.05) is 0 Å². The van der Waals surface area contributed by atoms with Crippen molar-refractivity contribution in [3.8, 4) is 6.07 Å². The number of carbonyl (C=O) groups is 1. The minimum Gasteiger partial charge on any atom is -0.478 e. The molecule has 86 valence electrons. The van der Waals surface area contributed by atoms with Crippen molar-refractivity contribution in [2.45, 2.75) is 6.54 Å². The number of aromatic carboxylic acids is 1. The first-order chi connectivity index (χ1) is 8.11. The van der Waals surface area contributed by atoms with Gasteiger partial charge in [-0.15, -0.1) is 5.10 Å². The van der Waals surface area contributed by atoms with Crippen molar-refractivity contribution < 1.29 is 9.90 Å². The van der Waals surface area contributed by atoms with E-state index in [0.29, 0.717) is 5.69 Å². The molecule has 17 heavy (non-hydrogen) atoms. The summed E-state index contributed by atoms with van der Waals surface area (Å²) in [5.74, 6) is -1.00. The fourth-order valence-electron chi connectivity index (χ4n) is 1.40. The van der Waals surface area contributed by atoms with Gasteiger partial charge in [-0.1, -0.05) is 0 Å². The molecule has 0 unspecified atom stereocenters. The van der Waals surface area contributed by atoms with Gasteiger partial charge in [0.25, 0.3) is 5.82 Å². The van der Waals surface area contributed by atoms with E-state index in [0.717, 1.165) is 0 Å². The van der Waals surface area contributed by atoms with Gasteiger partial charge in [-0.05, 0) is 0 Å². The van der Waals surface area contributed by atoms with Gasteiger partial charge < -0.3 is 5.11 Å². The lowest BCUT2D eigenvalue weighted by atomic mass is 10.2. The Hall–Kier alpha value is -2.69. The number of hydrogen-bond acceptors (Lipinski definition) is 5. The standard InChI is InChI=1S/C9H8N6O2/c1-14-7(6(3-12-14)9(16)17)4-15-5-11-8(2-10)13-15/h3,5H,4H2,1H3,(H,16,17). The van der Waals surface area contributed by atoms with Gasteiger partial charge in [-0.2, -0.15) is 10.4 Å². The van der Waals surface area contributed by atoms with Gasteiger partial charge in [0.05, 0.1) is 18.4 Å². The van der Waals surface area contributed by atoms with Gasteiger partial charge in [0.1, 0.15) is 18.0 Å². The van der Waals surface area contributed by atoms with Crippen molar-refractivity contribution in [1.29, 1.82) is 5.26 Å². The molecule has 1 N–H and O–H groups in total. The van der Waals surface area contributed by atoms with E-state index in [9.17, 15) is 4.79 Å². The van der Waals surface area contributed by atoms with E-state index in [4.69, 9.17) is 10.4 Å². The van der Waals surface area contributed by atoms with Crippen LogP contribution in [0.3, 0.4) is 0 Å². The molecule has 0 saturated carbocycles. The minimum atomic E-state index is -1.05. The van der Waals surface area contributed by atoms with Crippen LogP contribution in [0.15, 0.2) is 12.5 Å². The van der Waals surface area contributed by atoms with Crippen LogP contribution in [0.4, 0.5) is 0 Å². The maximum Gasteiger partial charge on any atom is 0.339 e. The molecule has 0 aliphatic rings. The molecule has 0 spiro atoms. The summed E-state index contributed by atoms with van der Waals surface area (Å²) in [7, 11) is 1.64. The van der Waals surface area contributed by atoms with Crippen LogP contribution in [0.25, 0.3) is 0 Å². The van der Waals surface area contributed by atoms with Crippen molar-refractivity contribution in [2.24, 2.45) is 7.05 Å². The molecule has 0 amide bonds. The highest BCUT2D eigenvalue weighted by Gasteiger charge is 2.15. The monoisotopic (exact) mass is 232 g/mol. The Bertz CT molecular complexity index is 605. The summed E-state index contributed by atoms with van der Waals surface area (Å²) in [5, 5.41) is 25.3. The zero-order valence-electron chi connectivity index (χ0n) is 8.90. The van der Waals surface area contributed by atoms with Crippen LogP contribution >= 0.6 is 0 Å². The molecule has 0 fully saturated rings. The van der Waals surface area contributed by atoms with Crippen LogP contribution in [-0.4, -0.2) is 35.6 Å².